The van der Waals surface area contributed by atoms with Gasteiger partial charge in [-0.3, -0.25) is 0 Å². The molecule has 0 saturated heterocycles. The number of nitrogens with zero attached hydrogens (tertiary/aromatic N) is 2. The molecule has 0 bridgehead atoms. The molecule has 0 aliphatic heterocycles. The molecule has 17 heavy (non-hydrogen) atoms. The topological polar surface area (TPSA) is 94.4 Å². The Morgan fingerprint density at radius 1 is 1.59 bits per heavy atom. The maximum absolute atomic E-state index is 9.36. The molecule has 96 valence electrons. The van der Waals surface area contributed by atoms with E-state index in [0.717, 1.165) is 12.8 Å². The Balaban J connectivity index is 2.10. The predicted octanol–water partition coefficient (Wildman–Crippen LogP) is 0.938. The van der Waals surface area contributed by atoms with Crippen LogP contribution in [0.2, 0.25) is 0 Å². The maximum Gasteiger partial charge on any atom is 0.246 e. The van der Waals surface area contributed by atoms with Gasteiger partial charge in [0, 0.05) is 6.61 Å². The van der Waals surface area contributed by atoms with Gasteiger partial charge in [-0.2, -0.15) is 4.98 Å². The number of hydrogen-bond donors (Lipinski definition) is 2. The molecular weight excluding hydrogens is 222 g/mol. The molecule has 1 aliphatic carbocycles. The van der Waals surface area contributed by atoms with Gasteiger partial charge in [0.05, 0.1) is 6.10 Å². The third-order valence-electron chi connectivity index (χ3n) is 2.91. The van der Waals surface area contributed by atoms with Crippen LogP contribution in [0.25, 0.3) is 0 Å². The van der Waals surface area contributed by atoms with Crippen LogP contribution in [-0.4, -0.2) is 28.0 Å². The highest BCUT2D eigenvalue weighted by molar-refractivity contribution is 5.01. The monoisotopic (exact) mass is 241 g/mol. The van der Waals surface area contributed by atoms with Crippen LogP contribution in [0.15, 0.2) is 4.52 Å². The predicted molar refractivity (Wildman–Crippen MR) is 60.0 cm³/mol. The van der Waals surface area contributed by atoms with Crippen LogP contribution in [0, 0.1) is 5.92 Å². The molecule has 1 aromatic rings. The fraction of sp³-hybridized carbons (Fsp3) is 0.818. The molecule has 6 heteroatoms. The molecule has 0 spiro atoms. The number of ether oxygens (including phenoxy) is 1. The van der Waals surface area contributed by atoms with Gasteiger partial charge in [0.2, 0.25) is 11.7 Å². The maximum atomic E-state index is 9.36. The molecule has 3 atom stereocenters. The first kappa shape index (κ1) is 12.5. The summed E-state index contributed by atoms with van der Waals surface area (Å²) >= 11 is 0. The first-order valence-corrected chi connectivity index (χ1v) is 6.02. The quantitative estimate of drug-likeness (QED) is 0.769. The zero-order valence-electron chi connectivity index (χ0n) is 10.2. The molecule has 1 saturated carbocycles. The van der Waals surface area contributed by atoms with E-state index < -0.39 is 12.1 Å². The first-order valence-electron chi connectivity index (χ1n) is 6.02. The Morgan fingerprint density at radius 2 is 2.29 bits per heavy atom. The van der Waals surface area contributed by atoms with Gasteiger partial charge in [-0.15, -0.1) is 0 Å². The minimum absolute atomic E-state index is 0.0984. The van der Waals surface area contributed by atoms with Crippen molar-refractivity contribution in [2.24, 2.45) is 11.7 Å². The van der Waals surface area contributed by atoms with E-state index in [-0.39, 0.29) is 12.0 Å². The zero-order valence-corrected chi connectivity index (χ0v) is 10.2. The summed E-state index contributed by atoms with van der Waals surface area (Å²) in [5.41, 5.74) is 5.73. The van der Waals surface area contributed by atoms with Crippen molar-refractivity contribution >= 4 is 0 Å². The fourth-order valence-electron chi connectivity index (χ4n) is 1.70. The zero-order chi connectivity index (χ0) is 12.4. The van der Waals surface area contributed by atoms with Gasteiger partial charge in [0.1, 0.15) is 12.1 Å². The van der Waals surface area contributed by atoms with E-state index in [4.69, 9.17) is 15.0 Å². The second kappa shape index (κ2) is 5.12. The number of rotatable bonds is 6. The van der Waals surface area contributed by atoms with E-state index in [9.17, 15) is 5.11 Å². The smallest absolute Gasteiger partial charge is 0.246 e. The average Bonchev–Trinajstić information content (AvgIpc) is 3.02. The van der Waals surface area contributed by atoms with Crippen LogP contribution >= 0.6 is 0 Å². The Bertz CT molecular complexity index is 363. The van der Waals surface area contributed by atoms with Crippen molar-refractivity contribution in [3.63, 3.8) is 0 Å². The van der Waals surface area contributed by atoms with Gasteiger partial charge in [-0.1, -0.05) is 5.16 Å². The molecule has 2 rings (SSSR count). The highest BCUT2D eigenvalue weighted by Crippen LogP contribution is 2.42. The van der Waals surface area contributed by atoms with E-state index in [1.54, 1.807) is 6.92 Å². The summed E-state index contributed by atoms with van der Waals surface area (Å²) in [5, 5.41) is 13.3. The Hall–Kier alpha value is -0.980. The van der Waals surface area contributed by atoms with Crippen LogP contribution in [0.3, 0.4) is 0 Å². The largest absolute Gasteiger partial charge is 0.391 e. The molecule has 0 amide bonds. The first-order chi connectivity index (χ1) is 8.13. The minimum Gasteiger partial charge on any atom is -0.391 e. The molecular formula is C11H19N3O3. The molecule has 1 heterocycles. The van der Waals surface area contributed by atoms with Crippen molar-refractivity contribution in [1.82, 2.24) is 10.1 Å². The summed E-state index contributed by atoms with van der Waals surface area (Å²) in [7, 11) is 0. The van der Waals surface area contributed by atoms with Crippen molar-refractivity contribution in [3.05, 3.63) is 11.7 Å². The van der Waals surface area contributed by atoms with Gasteiger partial charge < -0.3 is 20.1 Å². The minimum atomic E-state index is -0.713. The van der Waals surface area contributed by atoms with Gasteiger partial charge in [0.25, 0.3) is 0 Å². The summed E-state index contributed by atoms with van der Waals surface area (Å²) < 4.78 is 10.7. The summed E-state index contributed by atoms with van der Waals surface area (Å²) in [6.45, 7) is 4.15. The standard InChI is InChI=1S/C11H19N3O3/c1-3-16-9(7-4-5-7)10-13-11(17-14-10)8(12)6(2)15/h6-9,15H,3-5,12H2,1-2H3/t6-,8+,9?/m1/s1. The van der Waals surface area contributed by atoms with Crippen LogP contribution in [-0.2, 0) is 4.74 Å². The lowest BCUT2D eigenvalue weighted by Gasteiger charge is -2.11. The van der Waals surface area contributed by atoms with Gasteiger partial charge in [-0.25, -0.2) is 0 Å². The lowest BCUT2D eigenvalue weighted by Crippen LogP contribution is -2.23. The normalized spacial score (nSPS) is 21.2. The average molecular weight is 241 g/mol. The molecule has 1 fully saturated rings. The second-order valence-electron chi connectivity index (χ2n) is 4.47. The molecule has 1 aromatic heterocycles. The van der Waals surface area contributed by atoms with E-state index in [2.05, 4.69) is 10.1 Å². The van der Waals surface area contributed by atoms with Crippen molar-refractivity contribution < 1.29 is 14.4 Å². The third kappa shape index (κ3) is 2.83. The highest BCUT2D eigenvalue weighted by atomic mass is 16.5. The molecule has 1 unspecified atom stereocenters. The van der Waals surface area contributed by atoms with Crippen molar-refractivity contribution in [2.75, 3.05) is 6.61 Å². The molecule has 6 nitrogen and oxygen atoms in total. The van der Waals surface area contributed by atoms with E-state index in [0.29, 0.717) is 18.3 Å². The number of aliphatic hydroxyl groups is 1. The fourth-order valence-corrected chi connectivity index (χ4v) is 1.70. The van der Waals surface area contributed by atoms with Crippen LogP contribution in [0.1, 0.15) is 50.6 Å². The lowest BCUT2D eigenvalue weighted by molar-refractivity contribution is 0.0384. The van der Waals surface area contributed by atoms with Crippen molar-refractivity contribution in [1.29, 1.82) is 0 Å². The summed E-state index contributed by atoms with van der Waals surface area (Å²) in [4.78, 5) is 4.22. The summed E-state index contributed by atoms with van der Waals surface area (Å²) in [6, 6.07) is -0.641. The number of nitrogens with two attached hydrogens (primary N) is 1. The highest BCUT2D eigenvalue weighted by Gasteiger charge is 2.36. The SMILES string of the molecule is CCOC(c1noc([C@@H](N)[C@@H](C)O)n1)C1CC1. The van der Waals surface area contributed by atoms with Crippen LogP contribution in [0.5, 0.6) is 0 Å². The van der Waals surface area contributed by atoms with Crippen LogP contribution in [0.4, 0.5) is 0 Å². The van der Waals surface area contributed by atoms with Crippen molar-refractivity contribution in [3.8, 4) is 0 Å². The van der Waals surface area contributed by atoms with E-state index in [1.807, 2.05) is 6.92 Å². The van der Waals surface area contributed by atoms with Crippen molar-refractivity contribution in [2.45, 2.75) is 44.9 Å². The molecule has 3 N–H and O–H groups in total. The van der Waals surface area contributed by atoms with Gasteiger partial charge >= 0.3 is 0 Å². The lowest BCUT2D eigenvalue weighted by atomic mass is 10.2. The Kier molecular flexibility index (Phi) is 3.76. The Labute approximate surface area is 100 Å². The summed E-state index contributed by atoms with van der Waals surface area (Å²) in [5.74, 6) is 1.30. The second-order valence-corrected chi connectivity index (χ2v) is 4.47. The van der Waals surface area contributed by atoms with Gasteiger partial charge in [0.15, 0.2) is 0 Å². The van der Waals surface area contributed by atoms with Crippen LogP contribution < -0.4 is 5.73 Å². The third-order valence-corrected chi connectivity index (χ3v) is 2.91. The van der Waals surface area contributed by atoms with E-state index >= 15 is 0 Å². The molecule has 1 aliphatic rings. The number of hydrogen-bond acceptors (Lipinski definition) is 6. The molecule has 0 radical (unpaired) electrons. The summed E-state index contributed by atoms with van der Waals surface area (Å²) in [6.07, 6.45) is 1.46. The van der Waals surface area contributed by atoms with Gasteiger partial charge in [-0.05, 0) is 32.6 Å². The number of aliphatic hydroxyl groups excluding tert-OH is 1. The molecule has 0 aromatic carbocycles. The Morgan fingerprint density at radius 3 is 2.82 bits per heavy atom. The van der Waals surface area contributed by atoms with E-state index in [1.165, 1.54) is 0 Å². The number of aromatic nitrogens is 2.